The Labute approximate surface area is 119 Å². The van der Waals surface area contributed by atoms with E-state index in [1.165, 1.54) is 0 Å². The van der Waals surface area contributed by atoms with E-state index in [0.717, 1.165) is 0 Å². The minimum Gasteiger partial charge on any atom is -0.493 e. The molecule has 0 spiro atoms. The Morgan fingerprint density at radius 1 is 1.35 bits per heavy atom. The normalized spacial score (nSPS) is 11.9. The van der Waals surface area contributed by atoms with Crippen LogP contribution in [0.3, 0.4) is 0 Å². The molecule has 0 saturated carbocycles. The third-order valence-electron chi connectivity index (χ3n) is 2.93. The first-order valence-corrected chi connectivity index (χ1v) is 6.54. The van der Waals surface area contributed by atoms with Gasteiger partial charge in [0.2, 0.25) is 0 Å². The van der Waals surface area contributed by atoms with Gasteiger partial charge in [-0.15, -0.1) is 0 Å². The molecule has 0 heterocycles. The number of benzene rings is 1. The predicted molar refractivity (Wildman–Crippen MR) is 78.6 cm³/mol. The van der Waals surface area contributed by atoms with Gasteiger partial charge in [0.15, 0.2) is 17.3 Å². The van der Waals surface area contributed by atoms with Gasteiger partial charge >= 0.3 is 0 Å². The van der Waals surface area contributed by atoms with Crippen molar-refractivity contribution in [1.82, 2.24) is 4.90 Å². The zero-order valence-electron chi connectivity index (χ0n) is 12.2. The Morgan fingerprint density at radius 3 is 2.55 bits per heavy atom. The molecule has 0 radical (unpaired) electrons. The SMILES string of the molecule is COc1ccccc1OCCN(CC(N)=NO)C(C)C. The second kappa shape index (κ2) is 8.27. The summed E-state index contributed by atoms with van der Waals surface area (Å²) in [5, 5.41) is 11.6. The van der Waals surface area contributed by atoms with Crippen molar-refractivity contribution in [3.8, 4) is 11.5 Å². The summed E-state index contributed by atoms with van der Waals surface area (Å²) < 4.78 is 10.9. The lowest BCUT2D eigenvalue weighted by atomic mass is 10.3. The van der Waals surface area contributed by atoms with Gasteiger partial charge < -0.3 is 20.4 Å². The summed E-state index contributed by atoms with van der Waals surface area (Å²) in [6.07, 6.45) is 0. The lowest BCUT2D eigenvalue weighted by Gasteiger charge is -2.25. The average Bonchev–Trinajstić information content (AvgIpc) is 2.46. The van der Waals surface area contributed by atoms with E-state index in [1.54, 1.807) is 7.11 Å². The topological polar surface area (TPSA) is 80.3 Å². The fourth-order valence-corrected chi connectivity index (χ4v) is 1.77. The molecule has 0 aliphatic rings. The molecular formula is C14H23N3O3. The highest BCUT2D eigenvalue weighted by Gasteiger charge is 2.12. The number of hydrogen-bond donors (Lipinski definition) is 2. The average molecular weight is 281 g/mol. The van der Waals surface area contributed by atoms with E-state index in [9.17, 15) is 0 Å². The molecule has 0 aromatic heterocycles. The van der Waals surface area contributed by atoms with Crippen molar-refractivity contribution in [2.45, 2.75) is 19.9 Å². The molecule has 0 bridgehead atoms. The van der Waals surface area contributed by atoms with Crippen molar-refractivity contribution in [1.29, 1.82) is 0 Å². The van der Waals surface area contributed by atoms with Gasteiger partial charge in [0.1, 0.15) is 6.61 Å². The highest BCUT2D eigenvalue weighted by atomic mass is 16.5. The molecule has 6 heteroatoms. The van der Waals surface area contributed by atoms with Crippen LogP contribution >= 0.6 is 0 Å². The summed E-state index contributed by atoms with van der Waals surface area (Å²) in [5.74, 6) is 1.61. The van der Waals surface area contributed by atoms with Crippen molar-refractivity contribution in [3.63, 3.8) is 0 Å². The standard InChI is InChI=1S/C14H23N3O3/c1-11(2)17(10-14(15)16-18)8-9-20-13-7-5-4-6-12(13)19-3/h4-7,11,18H,8-10H2,1-3H3,(H2,15,16). The van der Waals surface area contributed by atoms with Crippen LogP contribution in [0.15, 0.2) is 29.4 Å². The molecular weight excluding hydrogens is 258 g/mol. The molecule has 20 heavy (non-hydrogen) atoms. The monoisotopic (exact) mass is 281 g/mol. The van der Waals surface area contributed by atoms with Crippen LogP contribution in [0, 0.1) is 0 Å². The lowest BCUT2D eigenvalue weighted by molar-refractivity contribution is 0.190. The Balaban J connectivity index is 2.52. The number of ether oxygens (including phenoxy) is 2. The van der Waals surface area contributed by atoms with Gasteiger partial charge in [-0.25, -0.2) is 0 Å². The van der Waals surface area contributed by atoms with Crippen LogP contribution in [-0.2, 0) is 0 Å². The van der Waals surface area contributed by atoms with Crippen LogP contribution in [0.25, 0.3) is 0 Å². The number of amidine groups is 1. The molecule has 1 aromatic carbocycles. The van der Waals surface area contributed by atoms with Gasteiger partial charge in [-0.05, 0) is 26.0 Å². The van der Waals surface area contributed by atoms with Crippen molar-refractivity contribution < 1.29 is 14.7 Å². The Morgan fingerprint density at radius 2 is 2.00 bits per heavy atom. The Kier molecular flexibility index (Phi) is 6.66. The summed E-state index contributed by atoms with van der Waals surface area (Å²) in [6.45, 7) is 5.67. The molecule has 0 atom stereocenters. The smallest absolute Gasteiger partial charge is 0.161 e. The summed E-state index contributed by atoms with van der Waals surface area (Å²) in [5.41, 5.74) is 5.54. The Bertz CT molecular complexity index is 435. The van der Waals surface area contributed by atoms with Crippen molar-refractivity contribution in [2.24, 2.45) is 10.9 Å². The molecule has 0 aliphatic heterocycles. The molecule has 1 rings (SSSR count). The van der Waals surface area contributed by atoms with E-state index in [-0.39, 0.29) is 11.9 Å². The molecule has 112 valence electrons. The van der Waals surface area contributed by atoms with Crippen LogP contribution in [0.1, 0.15) is 13.8 Å². The number of methoxy groups -OCH3 is 1. The van der Waals surface area contributed by atoms with Crippen LogP contribution < -0.4 is 15.2 Å². The first kappa shape index (κ1) is 16.1. The number of hydrogen-bond acceptors (Lipinski definition) is 5. The van der Waals surface area contributed by atoms with Crippen molar-refractivity contribution >= 4 is 5.84 Å². The summed E-state index contributed by atoms with van der Waals surface area (Å²) >= 11 is 0. The number of oxime groups is 1. The largest absolute Gasteiger partial charge is 0.493 e. The first-order valence-electron chi connectivity index (χ1n) is 6.54. The molecule has 3 N–H and O–H groups in total. The minimum atomic E-state index is 0.191. The second-order valence-corrected chi connectivity index (χ2v) is 4.65. The van der Waals surface area contributed by atoms with Crippen LogP contribution in [-0.4, -0.2) is 48.8 Å². The second-order valence-electron chi connectivity index (χ2n) is 4.65. The van der Waals surface area contributed by atoms with Crippen LogP contribution in [0.2, 0.25) is 0 Å². The molecule has 0 amide bonds. The van der Waals surface area contributed by atoms with Crippen LogP contribution in [0.5, 0.6) is 11.5 Å². The van der Waals surface area contributed by atoms with E-state index >= 15 is 0 Å². The molecule has 1 aromatic rings. The maximum absolute atomic E-state index is 8.63. The Hall–Kier alpha value is -1.95. The third-order valence-corrected chi connectivity index (χ3v) is 2.93. The number of nitrogens with zero attached hydrogens (tertiary/aromatic N) is 2. The summed E-state index contributed by atoms with van der Waals surface area (Å²) in [7, 11) is 1.61. The zero-order valence-corrected chi connectivity index (χ0v) is 12.2. The minimum absolute atomic E-state index is 0.191. The van der Waals surface area contributed by atoms with E-state index in [1.807, 2.05) is 38.1 Å². The van der Waals surface area contributed by atoms with Gasteiger partial charge in [0, 0.05) is 12.6 Å². The van der Waals surface area contributed by atoms with Crippen molar-refractivity contribution in [2.75, 3.05) is 26.8 Å². The van der Waals surface area contributed by atoms with Gasteiger partial charge in [-0.3, -0.25) is 4.90 Å². The van der Waals surface area contributed by atoms with Gasteiger partial charge in [0.05, 0.1) is 13.7 Å². The molecule has 0 aliphatic carbocycles. The van der Waals surface area contributed by atoms with E-state index in [0.29, 0.717) is 31.2 Å². The summed E-state index contributed by atoms with van der Waals surface area (Å²) in [4.78, 5) is 2.06. The maximum Gasteiger partial charge on any atom is 0.161 e. The highest BCUT2D eigenvalue weighted by Crippen LogP contribution is 2.25. The third kappa shape index (κ3) is 4.97. The van der Waals surface area contributed by atoms with E-state index in [2.05, 4.69) is 10.1 Å². The summed E-state index contributed by atoms with van der Waals surface area (Å²) in [6, 6.07) is 7.78. The molecule has 0 fully saturated rings. The van der Waals surface area contributed by atoms with Crippen molar-refractivity contribution in [3.05, 3.63) is 24.3 Å². The quantitative estimate of drug-likeness (QED) is 0.327. The molecule has 6 nitrogen and oxygen atoms in total. The number of nitrogens with two attached hydrogens (primary N) is 1. The highest BCUT2D eigenvalue weighted by molar-refractivity contribution is 5.81. The number of para-hydroxylation sites is 2. The maximum atomic E-state index is 8.63. The van der Waals surface area contributed by atoms with Gasteiger partial charge in [0.25, 0.3) is 0 Å². The van der Waals surface area contributed by atoms with E-state index in [4.69, 9.17) is 20.4 Å². The predicted octanol–water partition coefficient (Wildman–Crippen LogP) is 1.53. The fourth-order valence-electron chi connectivity index (χ4n) is 1.77. The zero-order chi connectivity index (χ0) is 15.0. The fraction of sp³-hybridized carbons (Fsp3) is 0.500. The molecule has 0 saturated heterocycles. The van der Waals surface area contributed by atoms with Gasteiger partial charge in [-0.1, -0.05) is 17.3 Å². The van der Waals surface area contributed by atoms with E-state index < -0.39 is 0 Å². The lowest BCUT2D eigenvalue weighted by Crippen LogP contribution is -2.41. The first-order chi connectivity index (χ1) is 9.58. The van der Waals surface area contributed by atoms with Crippen LogP contribution in [0.4, 0.5) is 0 Å². The molecule has 0 unspecified atom stereocenters. The van der Waals surface area contributed by atoms with Gasteiger partial charge in [-0.2, -0.15) is 0 Å². The number of rotatable bonds is 8.